The molecule has 1 aliphatic rings. The van der Waals surface area contributed by atoms with E-state index in [4.69, 9.17) is 14.2 Å². The van der Waals surface area contributed by atoms with Crippen molar-refractivity contribution in [3.05, 3.63) is 51.0 Å². The minimum atomic E-state index is -0.122. The van der Waals surface area contributed by atoms with Crippen LogP contribution < -0.4 is 19.5 Å². The molecule has 0 aromatic heterocycles. The van der Waals surface area contributed by atoms with Crippen LogP contribution in [0.25, 0.3) is 0 Å². The molecule has 0 radical (unpaired) electrons. The predicted octanol–water partition coefficient (Wildman–Crippen LogP) is 5.23. The highest BCUT2D eigenvalue weighted by atomic mass is 79.9. The zero-order valence-corrected chi connectivity index (χ0v) is 24.9. The first kappa shape index (κ1) is 29.3. The highest BCUT2D eigenvalue weighted by Crippen LogP contribution is 2.35. The van der Waals surface area contributed by atoms with E-state index in [1.165, 1.54) is 16.7 Å². The van der Waals surface area contributed by atoms with Gasteiger partial charge in [-0.3, -0.25) is 9.69 Å². The third-order valence-corrected chi connectivity index (χ3v) is 7.95. The van der Waals surface area contributed by atoms with E-state index in [0.29, 0.717) is 40.0 Å². The van der Waals surface area contributed by atoms with Crippen molar-refractivity contribution in [1.29, 1.82) is 0 Å². The number of ether oxygens (including phenoxy) is 3. The van der Waals surface area contributed by atoms with Crippen LogP contribution in [-0.4, -0.2) is 76.8 Å². The third-order valence-electron chi connectivity index (χ3n) is 7.29. The zero-order chi connectivity index (χ0) is 27.1. The average molecular weight is 577 g/mol. The monoisotopic (exact) mass is 575 g/mol. The molecule has 1 heterocycles. The van der Waals surface area contributed by atoms with Crippen molar-refractivity contribution in [3.63, 3.8) is 0 Å². The van der Waals surface area contributed by atoms with Crippen LogP contribution >= 0.6 is 15.9 Å². The second kappa shape index (κ2) is 13.5. The Labute approximate surface area is 230 Å². The molecule has 8 heteroatoms. The van der Waals surface area contributed by atoms with E-state index in [-0.39, 0.29) is 5.91 Å². The number of benzene rings is 2. The van der Waals surface area contributed by atoms with Crippen molar-refractivity contribution >= 4 is 21.8 Å². The molecule has 2 aromatic carbocycles. The normalized spacial score (nSPS) is 14.8. The smallest absolute Gasteiger partial charge is 0.252 e. The Morgan fingerprint density at radius 3 is 2.41 bits per heavy atom. The van der Waals surface area contributed by atoms with E-state index in [2.05, 4.69) is 78.0 Å². The van der Waals surface area contributed by atoms with Crippen molar-refractivity contribution in [2.45, 2.75) is 39.7 Å². The lowest BCUT2D eigenvalue weighted by Gasteiger charge is -2.44. The van der Waals surface area contributed by atoms with E-state index >= 15 is 0 Å². The van der Waals surface area contributed by atoms with Gasteiger partial charge in [0.25, 0.3) is 5.91 Å². The van der Waals surface area contributed by atoms with Gasteiger partial charge in [-0.1, -0.05) is 6.07 Å². The molecule has 204 valence electrons. The van der Waals surface area contributed by atoms with Crippen LogP contribution in [0.1, 0.15) is 52.9 Å². The van der Waals surface area contributed by atoms with Gasteiger partial charge in [-0.2, -0.15) is 0 Å². The highest BCUT2D eigenvalue weighted by Gasteiger charge is 2.32. The summed E-state index contributed by atoms with van der Waals surface area (Å²) in [5, 5.41) is 3.08. The van der Waals surface area contributed by atoms with Crippen LogP contribution in [0.3, 0.4) is 0 Å². The Morgan fingerprint density at radius 2 is 1.76 bits per heavy atom. The molecule has 1 fully saturated rings. The van der Waals surface area contributed by atoms with Gasteiger partial charge in [0.1, 0.15) is 5.75 Å². The average Bonchev–Trinajstić information content (AvgIpc) is 2.84. The number of carbonyl (C=O) groups excluding carboxylic acids is 1. The summed E-state index contributed by atoms with van der Waals surface area (Å²) in [7, 11) is 7.34. The maximum atomic E-state index is 12.8. The van der Waals surface area contributed by atoms with Gasteiger partial charge in [-0.25, -0.2) is 0 Å². The van der Waals surface area contributed by atoms with E-state index in [9.17, 15) is 4.79 Å². The number of amides is 1. The minimum Gasteiger partial charge on any atom is -0.493 e. The number of halogens is 1. The Balaban J connectivity index is 1.49. The predicted molar refractivity (Wildman–Crippen MR) is 152 cm³/mol. The SMILES string of the molecule is COc1cc(Br)c(C(=O)NCC2CN(C(C)c3ccc(OCCCCN(C)C)c(C)c3C)C2)cc1OC. The largest absolute Gasteiger partial charge is 0.493 e. The quantitative estimate of drug-likeness (QED) is 0.330. The Bertz CT molecular complexity index is 1070. The molecular formula is C29H42BrN3O4. The molecule has 1 aliphatic heterocycles. The molecule has 7 nitrogen and oxygen atoms in total. The van der Waals surface area contributed by atoms with Crippen LogP contribution in [0.4, 0.5) is 0 Å². The standard InChI is InChI=1S/C29H42BrN3O4/c1-19-20(2)26(37-13-9-8-12-32(4)5)11-10-23(19)21(3)33-17-22(18-33)16-31-29(34)24-14-27(35-6)28(36-7)15-25(24)30/h10-11,14-15,21-22H,8-9,12-13,16-18H2,1-7H3,(H,31,34). The molecular weight excluding hydrogens is 534 g/mol. The number of unbranched alkanes of at least 4 members (excludes halogenated alkanes) is 1. The number of rotatable bonds is 13. The summed E-state index contributed by atoms with van der Waals surface area (Å²) in [6, 6.07) is 8.12. The number of hydrogen-bond donors (Lipinski definition) is 1. The van der Waals surface area contributed by atoms with E-state index in [0.717, 1.165) is 44.8 Å². The van der Waals surface area contributed by atoms with Crippen molar-refractivity contribution in [2.75, 3.05) is 61.1 Å². The van der Waals surface area contributed by atoms with Gasteiger partial charge in [0.15, 0.2) is 11.5 Å². The minimum absolute atomic E-state index is 0.122. The topological polar surface area (TPSA) is 63.3 Å². The maximum absolute atomic E-state index is 12.8. The van der Waals surface area contributed by atoms with Crippen molar-refractivity contribution in [2.24, 2.45) is 5.92 Å². The lowest BCUT2D eigenvalue weighted by atomic mass is 9.91. The first-order valence-electron chi connectivity index (χ1n) is 13.0. The van der Waals surface area contributed by atoms with Crippen LogP contribution in [0.5, 0.6) is 17.2 Å². The zero-order valence-electron chi connectivity index (χ0n) is 23.3. The maximum Gasteiger partial charge on any atom is 0.252 e. The van der Waals surface area contributed by atoms with Gasteiger partial charge < -0.3 is 24.4 Å². The van der Waals surface area contributed by atoms with E-state index in [1.807, 2.05) is 0 Å². The molecule has 1 unspecified atom stereocenters. The highest BCUT2D eigenvalue weighted by molar-refractivity contribution is 9.10. The lowest BCUT2D eigenvalue weighted by Crippen LogP contribution is -2.52. The number of carbonyl (C=O) groups is 1. The van der Waals surface area contributed by atoms with Crippen LogP contribution in [-0.2, 0) is 0 Å². The van der Waals surface area contributed by atoms with Crippen molar-refractivity contribution < 1.29 is 19.0 Å². The Kier molecular flexibility index (Phi) is 10.7. The van der Waals surface area contributed by atoms with Gasteiger partial charge in [-0.15, -0.1) is 0 Å². The molecule has 1 amide bonds. The van der Waals surface area contributed by atoms with Gasteiger partial charge in [0.2, 0.25) is 0 Å². The van der Waals surface area contributed by atoms with Crippen molar-refractivity contribution in [1.82, 2.24) is 15.1 Å². The number of hydrogen-bond acceptors (Lipinski definition) is 6. The van der Waals surface area contributed by atoms with Gasteiger partial charge in [0, 0.05) is 36.1 Å². The Hall–Kier alpha value is -2.29. The summed E-state index contributed by atoms with van der Waals surface area (Å²) in [6.45, 7) is 11.0. The number of nitrogens with one attached hydrogen (secondary N) is 1. The van der Waals surface area contributed by atoms with Gasteiger partial charge in [-0.05, 0) is 105 Å². The summed E-state index contributed by atoms with van der Waals surface area (Å²) in [5.74, 6) is 2.41. The summed E-state index contributed by atoms with van der Waals surface area (Å²) in [4.78, 5) is 17.5. The summed E-state index contributed by atoms with van der Waals surface area (Å²) < 4.78 is 17.4. The Morgan fingerprint density at radius 1 is 1.08 bits per heavy atom. The molecule has 0 spiro atoms. The third kappa shape index (κ3) is 7.39. The number of likely N-dealkylation sites (tertiary alicyclic amines) is 1. The van der Waals surface area contributed by atoms with E-state index < -0.39 is 0 Å². The molecule has 1 atom stereocenters. The van der Waals surface area contributed by atoms with E-state index in [1.54, 1.807) is 26.4 Å². The second-order valence-electron chi connectivity index (χ2n) is 10.2. The first-order valence-corrected chi connectivity index (χ1v) is 13.8. The van der Waals surface area contributed by atoms with Gasteiger partial charge in [0.05, 0.1) is 26.4 Å². The summed E-state index contributed by atoms with van der Waals surface area (Å²) >= 11 is 3.47. The summed E-state index contributed by atoms with van der Waals surface area (Å²) in [6.07, 6.45) is 2.20. The molecule has 1 saturated heterocycles. The molecule has 2 aromatic rings. The fraction of sp³-hybridized carbons (Fsp3) is 0.552. The molecule has 0 aliphatic carbocycles. The van der Waals surface area contributed by atoms with Crippen LogP contribution in [0.15, 0.2) is 28.7 Å². The molecule has 0 saturated carbocycles. The molecule has 3 rings (SSSR count). The number of methoxy groups -OCH3 is 2. The molecule has 0 bridgehead atoms. The van der Waals surface area contributed by atoms with Crippen LogP contribution in [0.2, 0.25) is 0 Å². The number of nitrogens with zero attached hydrogens (tertiary/aromatic N) is 2. The fourth-order valence-electron chi connectivity index (χ4n) is 4.75. The second-order valence-corrected chi connectivity index (χ2v) is 11.0. The van der Waals surface area contributed by atoms with Gasteiger partial charge >= 0.3 is 0 Å². The fourth-order valence-corrected chi connectivity index (χ4v) is 5.25. The summed E-state index contributed by atoms with van der Waals surface area (Å²) in [5.41, 5.74) is 4.40. The molecule has 37 heavy (non-hydrogen) atoms. The first-order chi connectivity index (χ1) is 17.7. The van der Waals surface area contributed by atoms with Crippen LogP contribution in [0, 0.1) is 19.8 Å². The lowest BCUT2D eigenvalue weighted by molar-refractivity contribution is 0.0569. The molecule has 1 N–H and O–H groups in total. The van der Waals surface area contributed by atoms with Crippen molar-refractivity contribution in [3.8, 4) is 17.2 Å².